The average Bonchev–Trinajstić information content (AvgIpc) is 2.77. The molecule has 2 aromatic carbocycles. The molecule has 174 valence electrons. The second kappa shape index (κ2) is 10.9. The maximum Gasteiger partial charge on any atom is 0.251 e. The van der Waals surface area contributed by atoms with E-state index in [2.05, 4.69) is 17.1 Å². The Morgan fingerprint density at radius 3 is 2.31 bits per heavy atom. The van der Waals surface area contributed by atoms with Gasteiger partial charge in [-0.2, -0.15) is 0 Å². The average molecular weight is 462 g/mol. The van der Waals surface area contributed by atoms with Crippen molar-refractivity contribution >= 4 is 21.6 Å². The normalized spacial score (nSPS) is 15.5. The molecular weight excluding hydrogens is 429 g/mol. The highest BCUT2D eigenvalue weighted by atomic mass is 32.2. The first-order valence-corrected chi connectivity index (χ1v) is 12.9. The number of piperidine rings is 1. The van der Waals surface area contributed by atoms with Gasteiger partial charge in [0.05, 0.1) is 18.5 Å². The predicted molar refractivity (Wildman–Crippen MR) is 126 cm³/mol. The molecule has 1 aliphatic heterocycles. The molecule has 0 atom stereocenters. The van der Waals surface area contributed by atoms with Gasteiger partial charge in [0.1, 0.15) is 5.82 Å². The first-order valence-electron chi connectivity index (χ1n) is 11.0. The minimum absolute atomic E-state index is 0.0833. The third kappa shape index (κ3) is 7.03. The van der Waals surface area contributed by atoms with E-state index in [1.165, 1.54) is 29.3 Å². The number of carbonyl (C=O) groups is 1. The van der Waals surface area contributed by atoms with Crippen LogP contribution in [0.2, 0.25) is 0 Å². The molecule has 0 bridgehead atoms. The molecule has 1 amide bonds. The van der Waals surface area contributed by atoms with Crippen LogP contribution in [0.3, 0.4) is 0 Å². The zero-order chi connectivity index (χ0) is 23.1. The van der Waals surface area contributed by atoms with Gasteiger partial charge in [0.15, 0.2) is 0 Å². The number of carbonyl (C=O) groups excluding carboxylic acids is 1. The van der Waals surface area contributed by atoms with Crippen LogP contribution in [0.5, 0.6) is 0 Å². The van der Waals surface area contributed by atoms with Crippen molar-refractivity contribution in [3.05, 3.63) is 65.5 Å². The number of amides is 1. The number of likely N-dealkylation sites (tertiary alicyclic amines) is 1. The Labute approximate surface area is 190 Å². The smallest absolute Gasteiger partial charge is 0.251 e. The molecule has 0 aromatic heterocycles. The second-order valence-corrected chi connectivity index (χ2v) is 10.5. The number of nitrogens with one attached hydrogen (secondary N) is 1. The van der Waals surface area contributed by atoms with Gasteiger partial charge in [0.2, 0.25) is 10.0 Å². The molecule has 6 nitrogen and oxygen atoms in total. The van der Waals surface area contributed by atoms with E-state index in [4.69, 9.17) is 0 Å². The first-order chi connectivity index (χ1) is 15.2. The molecule has 1 heterocycles. The minimum Gasteiger partial charge on any atom is -0.352 e. The molecule has 0 radical (unpaired) electrons. The van der Waals surface area contributed by atoms with Crippen LogP contribution in [-0.4, -0.2) is 51.7 Å². The van der Waals surface area contributed by atoms with Gasteiger partial charge in [-0.05, 0) is 86.8 Å². The number of hydrogen-bond acceptors (Lipinski definition) is 4. The van der Waals surface area contributed by atoms with Crippen molar-refractivity contribution in [2.24, 2.45) is 5.92 Å². The molecule has 0 spiro atoms. The van der Waals surface area contributed by atoms with E-state index in [1.807, 2.05) is 0 Å². The predicted octanol–water partition coefficient (Wildman–Crippen LogP) is 3.64. The van der Waals surface area contributed by atoms with Gasteiger partial charge in [-0.3, -0.25) is 9.10 Å². The van der Waals surface area contributed by atoms with Crippen molar-refractivity contribution in [1.29, 1.82) is 0 Å². The maximum absolute atomic E-state index is 13.1. The zero-order valence-electron chi connectivity index (χ0n) is 18.8. The molecule has 0 unspecified atom stereocenters. The summed E-state index contributed by atoms with van der Waals surface area (Å²) in [7, 11) is -3.56. The molecule has 1 N–H and O–H groups in total. The van der Waals surface area contributed by atoms with Gasteiger partial charge >= 0.3 is 0 Å². The van der Waals surface area contributed by atoms with E-state index < -0.39 is 10.0 Å². The molecule has 1 fully saturated rings. The molecule has 8 heteroatoms. The fourth-order valence-corrected chi connectivity index (χ4v) is 4.72. The molecule has 1 aliphatic rings. The van der Waals surface area contributed by atoms with Crippen molar-refractivity contribution in [3.63, 3.8) is 0 Å². The van der Waals surface area contributed by atoms with Crippen LogP contribution in [-0.2, 0) is 16.6 Å². The Kier molecular flexibility index (Phi) is 8.26. The fourth-order valence-electron chi connectivity index (χ4n) is 3.83. The van der Waals surface area contributed by atoms with Gasteiger partial charge < -0.3 is 10.2 Å². The van der Waals surface area contributed by atoms with E-state index >= 15 is 0 Å². The highest BCUT2D eigenvalue weighted by Gasteiger charge is 2.19. The van der Waals surface area contributed by atoms with Gasteiger partial charge in [-0.25, -0.2) is 12.8 Å². The number of anilines is 1. The van der Waals surface area contributed by atoms with E-state index in [9.17, 15) is 17.6 Å². The quantitative estimate of drug-likeness (QED) is 0.579. The van der Waals surface area contributed by atoms with Gasteiger partial charge in [-0.15, -0.1) is 0 Å². The lowest BCUT2D eigenvalue weighted by atomic mass is 9.99. The van der Waals surface area contributed by atoms with Crippen molar-refractivity contribution in [3.8, 4) is 0 Å². The lowest BCUT2D eigenvalue weighted by molar-refractivity contribution is 0.0950. The molecule has 0 saturated carbocycles. The number of nitrogens with zero attached hydrogens (tertiary/aromatic N) is 2. The third-order valence-electron chi connectivity index (χ3n) is 5.87. The number of hydrogen-bond donors (Lipinski definition) is 1. The molecule has 2 aromatic rings. The molecule has 1 saturated heterocycles. The van der Waals surface area contributed by atoms with Crippen LogP contribution in [0.4, 0.5) is 10.1 Å². The van der Waals surface area contributed by atoms with Crippen molar-refractivity contribution in [2.75, 3.05) is 36.7 Å². The van der Waals surface area contributed by atoms with Crippen LogP contribution in [0.1, 0.15) is 42.1 Å². The van der Waals surface area contributed by atoms with E-state index in [0.717, 1.165) is 38.2 Å². The summed E-state index contributed by atoms with van der Waals surface area (Å²) >= 11 is 0. The number of benzene rings is 2. The third-order valence-corrected chi connectivity index (χ3v) is 7.01. The lowest BCUT2D eigenvalue weighted by Crippen LogP contribution is -2.35. The van der Waals surface area contributed by atoms with E-state index in [-0.39, 0.29) is 18.3 Å². The summed E-state index contributed by atoms with van der Waals surface area (Å²) in [5, 5.41) is 2.94. The maximum atomic E-state index is 13.1. The van der Waals surface area contributed by atoms with E-state index in [0.29, 0.717) is 23.4 Å². The summed E-state index contributed by atoms with van der Waals surface area (Å²) in [4.78, 5) is 14.9. The first kappa shape index (κ1) is 24.2. The molecule has 32 heavy (non-hydrogen) atoms. The standard InChI is InChI=1S/C24H32FN3O3S/c1-19-12-16-27(17-13-19)15-3-14-26-24(29)21-6-10-23(11-7-21)28(32(2,30)31)18-20-4-8-22(25)9-5-20/h4-11,19H,3,12-18H2,1-2H3,(H,26,29). The highest BCUT2D eigenvalue weighted by Crippen LogP contribution is 2.21. The van der Waals surface area contributed by atoms with Crippen molar-refractivity contribution < 1.29 is 17.6 Å². The van der Waals surface area contributed by atoms with E-state index in [1.54, 1.807) is 36.4 Å². The van der Waals surface area contributed by atoms with Crippen LogP contribution in [0.25, 0.3) is 0 Å². The Hall–Kier alpha value is -2.45. The topological polar surface area (TPSA) is 69.7 Å². The van der Waals surface area contributed by atoms with Crippen molar-refractivity contribution in [1.82, 2.24) is 10.2 Å². The summed E-state index contributed by atoms with van der Waals surface area (Å²) in [6, 6.07) is 12.2. The summed E-state index contributed by atoms with van der Waals surface area (Å²) in [5.74, 6) is 0.261. The summed E-state index contributed by atoms with van der Waals surface area (Å²) in [6.07, 6.45) is 4.51. The Bertz CT molecular complexity index is 986. The lowest BCUT2D eigenvalue weighted by Gasteiger charge is -2.30. The molecular formula is C24H32FN3O3S. The highest BCUT2D eigenvalue weighted by molar-refractivity contribution is 7.92. The fraction of sp³-hybridized carbons (Fsp3) is 0.458. The summed E-state index contributed by atoms with van der Waals surface area (Å²) in [5.41, 5.74) is 1.60. The Morgan fingerprint density at radius 2 is 1.72 bits per heavy atom. The summed E-state index contributed by atoms with van der Waals surface area (Å²) in [6.45, 7) is 6.22. The Balaban J connectivity index is 1.54. The van der Waals surface area contributed by atoms with Crippen LogP contribution < -0.4 is 9.62 Å². The van der Waals surface area contributed by atoms with Gasteiger partial charge in [-0.1, -0.05) is 19.1 Å². The van der Waals surface area contributed by atoms with Crippen LogP contribution in [0.15, 0.2) is 48.5 Å². The molecule has 0 aliphatic carbocycles. The largest absolute Gasteiger partial charge is 0.352 e. The second-order valence-electron chi connectivity index (χ2n) is 8.58. The number of rotatable bonds is 9. The minimum atomic E-state index is -3.56. The number of halogens is 1. The van der Waals surface area contributed by atoms with Gasteiger partial charge in [0.25, 0.3) is 5.91 Å². The SMILES string of the molecule is CC1CCN(CCCNC(=O)c2ccc(N(Cc3ccc(F)cc3)S(C)(=O)=O)cc2)CC1. The van der Waals surface area contributed by atoms with Gasteiger partial charge in [0, 0.05) is 12.1 Å². The molecule has 3 rings (SSSR count). The Morgan fingerprint density at radius 1 is 1.09 bits per heavy atom. The van der Waals surface area contributed by atoms with Crippen molar-refractivity contribution in [2.45, 2.75) is 32.7 Å². The zero-order valence-corrected chi connectivity index (χ0v) is 19.6. The van der Waals surface area contributed by atoms with Crippen LogP contribution >= 0.6 is 0 Å². The summed E-state index contributed by atoms with van der Waals surface area (Å²) < 4.78 is 39.0. The van der Waals surface area contributed by atoms with Crippen LogP contribution in [0, 0.1) is 11.7 Å². The monoisotopic (exact) mass is 461 g/mol. The number of sulfonamides is 1.